The summed E-state index contributed by atoms with van der Waals surface area (Å²) in [5.41, 5.74) is 6.67. The quantitative estimate of drug-likeness (QED) is 0.392. The zero-order chi connectivity index (χ0) is 14.7. The normalized spacial score (nSPS) is 11.4. The Morgan fingerprint density at radius 2 is 1.95 bits per heavy atom. The van der Waals surface area contributed by atoms with Crippen LogP contribution in [0.25, 0.3) is 0 Å². The first-order valence-corrected chi connectivity index (χ1v) is 5.73. The number of rotatable bonds is 3. The lowest BCUT2D eigenvalue weighted by atomic mass is 10.1. The van der Waals surface area contributed by atoms with Crippen LogP contribution >= 0.6 is 0 Å². The predicted molar refractivity (Wildman–Crippen MR) is 70.1 cm³/mol. The summed E-state index contributed by atoms with van der Waals surface area (Å²) in [6, 6.07) is 8.45. The van der Waals surface area contributed by atoms with Gasteiger partial charge in [-0.15, -0.1) is 0 Å². The average molecular weight is 278 g/mol. The van der Waals surface area contributed by atoms with Crippen molar-refractivity contribution in [2.45, 2.75) is 6.92 Å². The maximum atomic E-state index is 13.6. The van der Waals surface area contributed by atoms with Crippen molar-refractivity contribution in [2.75, 3.05) is 0 Å². The third kappa shape index (κ3) is 2.69. The molecule has 2 aromatic carbocycles. The van der Waals surface area contributed by atoms with Crippen LogP contribution in [0.5, 0.6) is 11.5 Å². The van der Waals surface area contributed by atoms with Crippen molar-refractivity contribution in [1.29, 1.82) is 0 Å². The molecule has 0 amide bonds. The second-order valence-corrected chi connectivity index (χ2v) is 4.14. The van der Waals surface area contributed by atoms with Gasteiger partial charge in [0.2, 0.25) is 5.82 Å². The fraction of sp³-hybridized carbons (Fsp3) is 0.0714. The van der Waals surface area contributed by atoms with E-state index in [1.165, 1.54) is 18.2 Å². The minimum atomic E-state index is -1.10. The number of nitrogens with zero attached hydrogens (tertiary/aromatic N) is 1. The van der Waals surface area contributed by atoms with Crippen LogP contribution in [0, 0.1) is 18.6 Å². The lowest BCUT2D eigenvalue weighted by molar-refractivity contribution is 0.318. The number of benzene rings is 2. The first-order chi connectivity index (χ1) is 9.52. The standard InChI is InChI=1S/C14H12F2N2O2/c1-8-5-6-11(9(7-8)14(17)18-19)20-12-4-2-3-10(15)13(12)16/h2-7,19H,1H3,(H2,17,18). The molecule has 0 aliphatic rings. The van der Waals surface area contributed by atoms with Gasteiger partial charge in [-0.3, -0.25) is 0 Å². The fourth-order valence-corrected chi connectivity index (χ4v) is 1.67. The third-order valence-electron chi connectivity index (χ3n) is 2.65. The van der Waals surface area contributed by atoms with Gasteiger partial charge in [-0.1, -0.05) is 22.9 Å². The first kappa shape index (κ1) is 13.8. The Balaban J connectivity index is 2.46. The lowest BCUT2D eigenvalue weighted by Crippen LogP contribution is -2.14. The molecule has 0 bridgehead atoms. The molecule has 20 heavy (non-hydrogen) atoms. The molecular formula is C14H12F2N2O2. The highest BCUT2D eigenvalue weighted by atomic mass is 19.2. The number of halogens is 2. The summed E-state index contributed by atoms with van der Waals surface area (Å²) in [6.45, 7) is 1.81. The predicted octanol–water partition coefficient (Wildman–Crippen LogP) is 3.16. The third-order valence-corrected chi connectivity index (χ3v) is 2.65. The van der Waals surface area contributed by atoms with Crippen molar-refractivity contribution in [3.05, 3.63) is 59.2 Å². The molecule has 0 aromatic heterocycles. The summed E-state index contributed by atoms with van der Waals surface area (Å²) < 4.78 is 32.0. The molecule has 0 heterocycles. The van der Waals surface area contributed by atoms with E-state index in [9.17, 15) is 8.78 Å². The topological polar surface area (TPSA) is 67.8 Å². The Morgan fingerprint density at radius 3 is 2.65 bits per heavy atom. The van der Waals surface area contributed by atoms with Gasteiger partial charge in [0.1, 0.15) is 5.75 Å². The summed E-state index contributed by atoms with van der Waals surface area (Å²) in [5.74, 6) is -2.41. The van der Waals surface area contributed by atoms with Gasteiger partial charge in [-0.2, -0.15) is 4.39 Å². The van der Waals surface area contributed by atoms with Crippen molar-refractivity contribution in [3.8, 4) is 11.5 Å². The minimum absolute atomic E-state index is 0.162. The van der Waals surface area contributed by atoms with Crippen molar-refractivity contribution in [1.82, 2.24) is 0 Å². The van der Waals surface area contributed by atoms with Gasteiger partial charge in [-0.25, -0.2) is 4.39 Å². The van der Waals surface area contributed by atoms with E-state index in [0.29, 0.717) is 0 Å². The van der Waals surface area contributed by atoms with Gasteiger partial charge < -0.3 is 15.7 Å². The van der Waals surface area contributed by atoms with Gasteiger partial charge in [0.05, 0.1) is 5.56 Å². The number of ether oxygens (including phenoxy) is 1. The molecule has 0 saturated heterocycles. The van der Waals surface area contributed by atoms with Crippen LogP contribution in [-0.4, -0.2) is 11.0 Å². The van der Waals surface area contributed by atoms with Crippen LogP contribution in [0.3, 0.4) is 0 Å². The van der Waals surface area contributed by atoms with Crippen LogP contribution in [-0.2, 0) is 0 Å². The Hall–Kier alpha value is -2.63. The van der Waals surface area contributed by atoms with Crippen molar-refractivity contribution in [2.24, 2.45) is 10.9 Å². The highest BCUT2D eigenvalue weighted by Crippen LogP contribution is 2.29. The smallest absolute Gasteiger partial charge is 0.201 e. The largest absolute Gasteiger partial charge is 0.453 e. The van der Waals surface area contributed by atoms with Crippen LogP contribution in [0.4, 0.5) is 8.78 Å². The highest BCUT2D eigenvalue weighted by Gasteiger charge is 2.14. The average Bonchev–Trinajstić information content (AvgIpc) is 2.44. The van der Waals surface area contributed by atoms with Crippen molar-refractivity contribution in [3.63, 3.8) is 0 Å². The summed E-state index contributed by atoms with van der Waals surface area (Å²) in [6.07, 6.45) is 0. The SMILES string of the molecule is Cc1ccc(Oc2cccc(F)c2F)c(/C(N)=N/O)c1. The van der Waals surface area contributed by atoms with E-state index < -0.39 is 11.6 Å². The molecule has 6 heteroatoms. The second kappa shape index (κ2) is 5.56. The number of hydrogen-bond donors (Lipinski definition) is 2. The van der Waals surface area contributed by atoms with Crippen molar-refractivity contribution < 1.29 is 18.7 Å². The number of aryl methyl sites for hydroxylation is 1. The second-order valence-electron chi connectivity index (χ2n) is 4.14. The molecule has 0 aliphatic carbocycles. The summed E-state index contributed by atoms with van der Waals surface area (Å²) in [4.78, 5) is 0. The molecule has 3 N–H and O–H groups in total. The van der Waals surface area contributed by atoms with E-state index in [1.807, 2.05) is 0 Å². The molecule has 0 saturated carbocycles. The van der Waals surface area contributed by atoms with E-state index >= 15 is 0 Å². The molecule has 0 unspecified atom stereocenters. The van der Waals surface area contributed by atoms with E-state index in [2.05, 4.69) is 5.16 Å². The van der Waals surface area contributed by atoms with E-state index in [0.717, 1.165) is 11.6 Å². The number of hydrogen-bond acceptors (Lipinski definition) is 3. The number of nitrogens with two attached hydrogens (primary N) is 1. The van der Waals surface area contributed by atoms with E-state index in [1.54, 1.807) is 19.1 Å². The highest BCUT2D eigenvalue weighted by molar-refractivity contribution is 5.99. The minimum Gasteiger partial charge on any atom is -0.453 e. The van der Waals surface area contributed by atoms with E-state index in [4.69, 9.17) is 15.7 Å². The van der Waals surface area contributed by atoms with E-state index in [-0.39, 0.29) is 22.9 Å². The first-order valence-electron chi connectivity index (χ1n) is 5.73. The maximum absolute atomic E-state index is 13.6. The van der Waals surface area contributed by atoms with Gasteiger partial charge in [-0.05, 0) is 31.2 Å². The molecule has 0 fully saturated rings. The van der Waals surface area contributed by atoms with Gasteiger partial charge in [0, 0.05) is 0 Å². The number of amidine groups is 1. The van der Waals surface area contributed by atoms with Crippen LogP contribution < -0.4 is 10.5 Å². The molecule has 0 spiro atoms. The van der Waals surface area contributed by atoms with Crippen LogP contribution in [0.2, 0.25) is 0 Å². The lowest BCUT2D eigenvalue weighted by Gasteiger charge is -2.11. The summed E-state index contributed by atoms with van der Waals surface area (Å²) in [7, 11) is 0. The Bertz CT molecular complexity index is 672. The molecule has 2 rings (SSSR count). The zero-order valence-corrected chi connectivity index (χ0v) is 10.6. The molecule has 0 aliphatic heterocycles. The van der Waals surface area contributed by atoms with Gasteiger partial charge in [0.15, 0.2) is 17.4 Å². The van der Waals surface area contributed by atoms with Crippen molar-refractivity contribution >= 4 is 5.84 Å². The molecular weight excluding hydrogens is 266 g/mol. The summed E-state index contributed by atoms with van der Waals surface area (Å²) >= 11 is 0. The molecule has 4 nitrogen and oxygen atoms in total. The molecule has 0 radical (unpaired) electrons. The Morgan fingerprint density at radius 1 is 1.20 bits per heavy atom. The maximum Gasteiger partial charge on any atom is 0.201 e. The van der Waals surface area contributed by atoms with Crippen LogP contribution in [0.1, 0.15) is 11.1 Å². The number of oxime groups is 1. The molecule has 104 valence electrons. The molecule has 0 atom stereocenters. The van der Waals surface area contributed by atoms with Gasteiger partial charge in [0.25, 0.3) is 0 Å². The zero-order valence-electron chi connectivity index (χ0n) is 10.6. The Labute approximate surface area is 114 Å². The van der Waals surface area contributed by atoms with Gasteiger partial charge >= 0.3 is 0 Å². The molecule has 2 aromatic rings. The Kier molecular flexibility index (Phi) is 3.84. The van der Waals surface area contributed by atoms with Crippen LogP contribution in [0.15, 0.2) is 41.6 Å². The fourth-order valence-electron chi connectivity index (χ4n) is 1.67. The summed E-state index contributed by atoms with van der Waals surface area (Å²) in [5, 5.41) is 11.6. The monoisotopic (exact) mass is 278 g/mol.